The third-order valence-electron chi connectivity index (χ3n) is 5.01. The van der Waals surface area contributed by atoms with E-state index >= 15 is 0 Å². The highest BCUT2D eigenvalue weighted by molar-refractivity contribution is 6.74. The monoisotopic (exact) mass is 242 g/mol. The lowest BCUT2D eigenvalue weighted by Gasteiger charge is -2.40. The van der Waals surface area contributed by atoms with Crippen LogP contribution in [-0.4, -0.2) is 25.6 Å². The first-order chi connectivity index (χ1) is 7.21. The van der Waals surface area contributed by atoms with Crippen LogP contribution in [0.4, 0.5) is 0 Å². The van der Waals surface area contributed by atoms with Crippen LogP contribution in [0, 0.1) is 11.8 Å². The van der Waals surface area contributed by atoms with Gasteiger partial charge in [-0.25, -0.2) is 0 Å². The molecule has 0 aromatic rings. The van der Waals surface area contributed by atoms with Gasteiger partial charge >= 0.3 is 0 Å². The molecule has 1 N–H and O–H groups in total. The van der Waals surface area contributed by atoms with Crippen LogP contribution >= 0.6 is 0 Å². The standard InChI is InChI=1S/C13H26O2Si/c1-13(2,3)16(4,5)15-12-8-9-6-10(12)7-11(9)14/h9-12,14H,6-8H2,1-5H3/t9-,10-,11+,12+/m0/s1. The van der Waals surface area contributed by atoms with Crippen LogP contribution < -0.4 is 0 Å². The minimum absolute atomic E-state index is 0.0377. The van der Waals surface area contributed by atoms with Gasteiger partial charge in [0, 0.05) is 6.10 Å². The number of aliphatic hydroxyl groups is 1. The van der Waals surface area contributed by atoms with E-state index in [2.05, 4.69) is 33.9 Å². The van der Waals surface area contributed by atoms with Crippen molar-refractivity contribution < 1.29 is 9.53 Å². The van der Waals surface area contributed by atoms with Crippen molar-refractivity contribution in [2.45, 2.75) is 70.4 Å². The Morgan fingerprint density at radius 1 is 1.06 bits per heavy atom. The normalized spacial score (nSPS) is 39.4. The molecule has 0 heterocycles. The van der Waals surface area contributed by atoms with Crippen molar-refractivity contribution in [1.82, 2.24) is 0 Å². The summed E-state index contributed by atoms with van der Waals surface area (Å²) in [5.74, 6) is 1.16. The zero-order chi connectivity index (χ0) is 12.1. The van der Waals surface area contributed by atoms with Gasteiger partial charge in [-0.2, -0.15) is 0 Å². The molecule has 0 amide bonds. The lowest BCUT2D eigenvalue weighted by Crippen LogP contribution is -2.45. The van der Waals surface area contributed by atoms with Gasteiger partial charge in [-0.05, 0) is 49.2 Å². The Morgan fingerprint density at radius 2 is 1.69 bits per heavy atom. The lowest BCUT2D eigenvalue weighted by atomic mass is 9.95. The highest BCUT2D eigenvalue weighted by Gasteiger charge is 2.49. The Kier molecular flexibility index (Phi) is 3.01. The highest BCUT2D eigenvalue weighted by Crippen LogP contribution is 2.49. The van der Waals surface area contributed by atoms with Gasteiger partial charge in [-0.15, -0.1) is 0 Å². The van der Waals surface area contributed by atoms with E-state index in [1.807, 2.05) is 0 Å². The van der Waals surface area contributed by atoms with E-state index in [4.69, 9.17) is 4.43 Å². The van der Waals surface area contributed by atoms with Crippen LogP contribution in [0.2, 0.25) is 18.1 Å². The lowest BCUT2D eigenvalue weighted by molar-refractivity contribution is 0.0503. The number of fused-ring (bicyclic) bond motifs is 2. The van der Waals surface area contributed by atoms with Crippen LogP contribution in [0.3, 0.4) is 0 Å². The molecular weight excluding hydrogens is 216 g/mol. The van der Waals surface area contributed by atoms with Crippen LogP contribution in [0.1, 0.15) is 40.0 Å². The van der Waals surface area contributed by atoms with Crippen molar-refractivity contribution in [2.24, 2.45) is 11.8 Å². The largest absolute Gasteiger partial charge is 0.414 e. The second-order valence-corrected chi connectivity index (χ2v) is 12.0. The molecule has 2 bridgehead atoms. The Bertz CT molecular complexity index is 268. The first-order valence-electron chi connectivity index (χ1n) is 6.56. The quantitative estimate of drug-likeness (QED) is 0.754. The zero-order valence-corrected chi connectivity index (χ0v) is 12.3. The molecule has 94 valence electrons. The molecule has 0 aromatic carbocycles. The summed E-state index contributed by atoms with van der Waals surface area (Å²) in [4.78, 5) is 0. The molecule has 2 rings (SSSR count). The van der Waals surface area contributed by atoms with Gasteiger partial charge in [-0.3, -0.25) is 0 Å². The van der Waals surface area contributed by atoms with Gasteiger partial charge in [0.05, 0.1) is 6.10 Å². The molecule has 0 unspecified atom stereocenters. The van der Waals surface area contributed by atoms with Crippen molar-refractivity contribution in [2.75, 3.05) is 0 Å². The molecule has 0 radical (unpaired) electrons. The average Bonchev–Trinajstić information content (AvgIpc) is 2.59. The number of hydrogen-bond acceptors (Lipinski definition) is 2. The Labute approximate surface area is 101 Å². The second-order valence-electron chi connectivity index (χ2n) is 7.21. The van der Waals surface area contributed by atoms with E-state index in [-0.39, 0.29) is 6.10 Å². The molecule has 2 saturated carbocycles. The SMILES string of the molecule is CC(C)(C)[Si](C)(C)O[C@@H]1C[C@@H]2C[C@H]1C[C@H]2O. The van der Waals surface area contributed by atoms with Crippen molar-refractivity contribution in [3.05, 3.63) is 0 Å². The molecule has 0 aliphatic heterocycles. The van der Waals surface area contributed by atoms with E-state index < -0.39 is 8.32 Å². The van der Waals surface area contributed by atoms with Crippen molar-refractivity contribution in [3.63, 3.8) is 0 Å². The summed E-state index contributed by atoms with van der Waals surface area (Å²) in [5.41, 5.74) is 0. The van der Waals surface area contributed by atoms with E-state index in [1.165, 1.54) is 6.42 Å². The molecule has 0 aromatic heterocycles. The summed E-state index contributed by atoms with van der Waals surface area (Å²) in [6.45, 7) is 11.5. The summed E-state index contributed by atoms with van der Waals surface area (Å²) in [6.07, 6.45) is 3.67. The van der Waals surface area contributed by atoms with E-state index in [0.717, 1.165) is 12.8 Å². The summed E-state index contributed by atoms with van der Waals surface area (Å²) >= 11 is 0. The number of hydrogen-bond donors (Lipinski definition) is 1. The Hall–Kier alpha value is 0.137. The summed E-state index contributed by atoms with van der Waals surface area (Å²) in [7, 11) is -1.61. The highest BCUT2D eigenvalue weighted by atomic mass is 28.4. The number of rotatable bonds is 2. The van der Waals surface area contributed by atoms with Crippen LogP contribution in [0.25, 0.3) is 0 Å². The summed E-state index contributed by atoms with van der Waals surface area (Å²) in [5, 5.41) is 10.1. The maximum Gasteiger partial charge on any atom is 0.192 e. The first-order valence-corrected chi connectivity index (χ1v) is 9.47. The molecule has 0 saturated heterocycles. The Morgan fingerprint density at radius 3 is 2.06 bits per heavy atom. The molecule has 3 heteroatoms. The maximum atomic E-state index is 9.75. The second kappa shape index (κ2) is 3.82. The fourth-order valence-corrected chi connectivity index (χ4v) is 4.29. The fourth-order valence-electron chi connectivity index (χ4n) is 2.89. The predicted octanol–water partition coefficient (Wildman–Crippen LogP) is 3.17. The molecule has 0 spiro atoms. The molecule has 2 nitrogen and oxygen atoms in total. The van der Waals surface area contributed by atoms with E-state index in [1.54, 1.807) is 0 Å². The van der Waals surface area contributed by atoms with Crippen LogP contribution in [0.15, 0.2) is 0 Å². The Balaban J connectivity index is 1.98. The van der Waals surface area contributed by atoms with Crippen molar-refractivity contribution in [3.8, 4) is 0 Å². The zero-order valence-electron chi connectivity index (χ0n) is 11.3. The van der Waals surface area contributed by atoms with Crippen LogP contribution in [0.5, 0.6) is 0 Å². The predicted molar refractivity (Wildman–Crippen MR) is 68.9 cm³/mol. The van der Waals surface area contributed by atoms with E-state index in [9.17, 15) is 5.11 Å². The molecule has 2 aliphatic carbocycles. The van der Waals surface area contributed by atoms with Gasteiger partial charge < -0.3 is 9.53 Å². The van der Waals surface area contributed by atoms with Gasteiger partial charge in [0.1, 0.15) is 0 Å². The van der Waals surface area contributed by atoms with Gasteiger partial charge in [0.25, 0.3) is 0 Å². The molecule has 2 aliphatic rings. The first kappa shape index (κ1) is 12.6. The third-order valence-corrected chi connectivity index (χ3v) is 9.51. The van der Waals surface area contributed by atoms with Gasteiger partial charge in [-0.1, -0.05) is 20.8 Å². The molecule has 2 fully saturated rings. The maximum absolute atomic E-state index is 9.75. The van der Waals surface area contributed by atoms with Crippen LogP contribution in [-0.2, 0) is 4.43 Å². The summed E-state index contributed by atoms with van der Waals surface area (Å²) in [6, 6.07) is 0. The minimum atomic E-state index is -1.61. The smallest absolute Gasteiger partial charge is 0.192 e. The third kappa shape index (κ3) is 2.09. The van der Waals surface area contributed by atoms with E-state index in [0.29, 0.717) is 23.0 Å². The van der Waals surface area contributed by atoms with Crippen molar-refractivity contribution in [1.29, 1.82) is 0 Å². The fraction of sp³-hybridized carbons (Fsp3) is 1.00. The topological polar surface area (TPSA) is 29.5 Å². The number of aliphatic hydroxyl groups excluding tert-OH is 1. The van der Waals surface area contributed by atoms with Gasteiger partial charge in [0.2, 0.25) is 0 Å². The van der Waals surface area contributed by atoms with Crippen molar-refractivity contribution >= 4 is 8.32 Å². The molecule has 16 heavy (non-hydrogen) atoms. The molecular formula is C13H26O2Si. The summed E-state index contributed by atoms with van der Waals surface area (Å²) < 4.78 is 6.47. The minimum Gasteiger partial charge on any atom is -0.414 e. The average molecular weight is 242 g/mol. The molecule has 4 atom stereocenters. The van der Waals surface area contributed by atoms with Gasteiger partial charge in [0.15, 0.2) is 8.32 Å².